The van der Waals surface area contributed by atoms with Crippen LogP contribution in [-0.4, -0.2) is 33.2 Å². The van der Waals surface area contributed by atoms with Gasteiger partial charge in [0.05, 0.1) is 28.9 Å². The monoisotopic (exact) mass is 303 g/mol. The summed E-state index contributed by atoms with van der Waals surface area (Å²) in [6, 6.07) is 9.88. The number of carboxylic acid groups (broad SMARTS) is 1. The summed E-state index contributed by atoms with van der Waals surface area (Å²) in [4.78, 5) is 11.0. The summed E-state index contributed by atoms with van der Waals surface area (Å²) in [7, 11) is 1.53. The Morgan fingerprint density at radius 2 is 2.10 bits per heavy atom. The van der Waals surface area contributed by atoms with Crippen molar-refractivity contribution in [2.24, 2.45) is 0 Å². The van der Waals surface area contributed by atoms with Gasteiger partial charge >= 0.3 is 5.97 Å². The normalized spacial score (nSPS) is 10.8. The number of hydrogen-bond acceptors (Lipinski definition) is 4. The molecular weight excluding hydrogens is 294 g/mol. The van der Waals surface area contributed by atoms with E-state index in [1.807, 2.05) is 0 Å². The predicted octanol–water partition coefficient (Wildman–Crippen LogP) is 2.78. The fourth-order valence-corrected chi connectivity index (χ4v) is 2.22. The highest BCUT2D eigenvalue weighted by molar-refractivity contribution is 6.32. The smallest absolute Gasteiger partial charge is 0.335 e. The molecule has 7 heteroatoms. The number of fused-ring (bicyclic) bond motifs is 1. The van der Waals surface area contributed by atoms with E-state index in [4.69, 9.17) is 21.4 Å². The Labute approximate surface area is 124 Å². The van der Waals surface area contributed by atoms with E-state index in [-0.39, 0.29) is 5.56 Å². The van der Waals surface area contributed by atoms with Crippen LogP contribution < -0.4 is 4.74 Å². The Morgan fingerprint density at radius 1 is 1.29 bits per heavy atom. The van der Waals surface area contributed by atoms with Crippen molar-refractivity contribution in [3.63, 3.8) is 0 Å². The van der Waals surface area contributed by atoms with Gasteiger partial charge in [-0.3, -0.25) is 0 Å². The molecule has 0 radical (unpaired) electrons. The molecule has 3 aromatic rings. The molecule has 3 rings (SSSR count). The van der Waals surface area contributed by atoms with E-state index >= 15 is 0 Å². The van der Waals surface area contributed by atoms with Crippen LogP contribution in [0, 0.1) is 0 Å². The largest absolute Gasteiger partial charge is 0.495 e. The zero-order valence-corrected chi connectivity index (χ0v) is 11.7. The fraction of sp³-hybridized carbons (Fsp3) is 0.0714. The first-order chi connectivity index (χ1) is 10.1. The maximum absolute atomic E-state index is 11.0. The van der Waals surface area contributed by atoms with Gasteiger partial charge in [-0.1, -0.05) is 16.8 Å². The SMILES string of the molecule is COc1cc(-n2nnc3cc(C(=O)O)ccc32)ccc1Cl. The summed E-state index contributed by atoms with van der Waals surface area (Å²) in [5.41, 5.74) is 2.10. The van der Waals surface area contributed by atoms with E-state index in [0.29, 0.717) is 21.8 Å². The molecule has 106 valence electrons. The number of carboxylic acids is 1. The Hall–Kier alpha value is -2.60. The minimum atomic E-state index is -1.00. The van der Waals surface area contributed by atoms with Crippen molar-refractivity contribution < 1.29 is 14.6 Å². The Kier molecular flexibility index (Phi) is 3.23. The Balaban J connectivity index is 2.15. The van der Waals surface area contributed by atoms with E-state index in [0.717, 1.165) is 5.69 Å². The van der Waals surface area contributed by atoms with Crippen molar-refractivity contribution >= 4 is 28.6 Å². The lowest BCUT2D eigenvalue weighted by Gasteiger charge is -2.07. The van der Waals surface area contributed by atoms with Crippen LogP contribution in [0.3, 0.4) is 0 Å². The molecule has 0 unspecified atom stereocenters. The second kappa shape index (κ2) is 5.06. The molecule has 0 amide bonds. The number of carbonyl (C=O) groups is 1. The lowest BCUT2D eigenvalue weighted by atomic mass is 10.2. The van der Waals surface area contributed by atoms with Gasteiger partial charge in [0, 0.05) is 6.07 Å². The van der Waals surface area contributed by atoms with Crippen LogP contribution in [0.2, 0.25) is 5.02 Å². The third kappa shape index (κ3) is 2.30. The summed E-state index contributed by atoms with van der Waals surface area (Å²) < 4.78 is 6.77. The molecule has 0 aliphatic carbocycles. The van der Waals surface area contributed by atoms with E-state index in [1.165, 1.54) is 19.2 Å². The predicted molar refractivity (Wildman–Crippen MR) is 77.4 cm³/mol. The first-order valence-electron chi connectivity index (χ1n) is 6.03. The molecule has 0 fully saturated rings. The number of aromatic carboxylic acids is 1. The van der Waals surface area contributed by atoms with Crippen molar-refractivity contribution in [2.45, 2.75) is 0 Å². The molecule has 0 aliphatic rings. The van der Waals surface area contributed by atoms with Crippen LogP contribution in [0.1, 0.15) is 10.4 Å². The van der Waals surface area contributed by atoms with E-state index in [2.05, 4.69) is 10.3 Å². The molecule has 0 aliphatic heterocycles. The minimum Gasteiger partial charge on any atom is -0.495 e. The summed E-state index contributed by atoms with van der Waals surface area (Å²) in [5, 5.41) is 17.5. The van der Waals surface area contributed by atoms with Gasteiger partial charge in [-0.15, -0.1) is 5.10 Å². The second-order valence-electron chi connectivity index (χ2n) is 4.33. The van der Waals surface area contributed by atoms with Gasteiger partial charge in [0.1, 0.15) is 11.3 Å². The lowest BCUT2D eigenvalue weighted by Crippen LogP contribution is -1.98. The molecule has 0 saturated heterocycles. The average Bonchev–Trinajstić information content (AvgIpc) is 2.90. The van der Waals surface area contributed by atoms with Crippen LogP contribution in [0.4, 0.5) is 0 Å². The quantitative estimate of drug-likeness (QED) is 0.805. The lowest BCUT2D eigenvalue weighted by molar-refractivity contribution is 0.0697. The summed E-state index contributed by atoms with van der Waals surface area (Å²) in [5.74, 6) is -0.473. The van der Waals surface area contributed by atoms with Crippen LogP contribution >= 0.6 is 11.6 Å². The topological polar surface area (TPSA) is 77.2 Å². The number of aromatic nitrogens is 3. The molecule has 1 N–H and O–H groups in total. The van der Waals surface area contributed by atoms with E-state index in [9.17, 15) is 4.79 Å². The number of ether oxygens (including phenoxy) is 1. The first-order valence-corrected chi connectivity index (χ1v) is 6.40. The summed E-state index contributed by atoms with van der Waals surface area (Å²) in [6.45, 7) is 0. The molecule has 0 bridgehead atoms. The number of methoxy groups -OCH3 is 1. The van der Waals surface area contributed by atoms with E-state index < -0.39 is 5.97 Å². The maximum atomic E-state index is 11.0. The molecule has 1 aromatic heterocycles. The molecule has 6 nitrogen and oxygen atoms in total. The molecule has 1 heterocycles. The highest BCUT2D eigenvalue weighted by atomic mass is 35.5. The average molecular weight is 304 g/mol. The van der Waals surface area contributed by atoms with Crippen molar-refractivity contribution in [3.8, 4) is 11.4 Å². The maximum Gasteiger partial charge on any atom is 0.335 e. The zero-order valence-electron chi connectivity index (χ0n) is 10.9. The van der Waals surface area contributed by atoms with Gasteiger partial charge in [0.2, 0.25) is 0 Å². The third-order valence-electron chi connectivity index (χ3n) is 3.07. The standard InChI is InChI=1S/C14H10ClN3O3/c1-21-13-7-9(3-4-10(13)15)18-12-5-2-8(14(19)20)6-11(12)16-17-18/h2-7H,1H3,(H,19,20). The van der Waals surface area contributed by atoms with Crippen molar-refractivity contribution in [3.05, 3.63) is 47.0 Å². The van der Waals surface area contributed by atoms with Gasteiger partial charge < -0.3 is 9.84 Å². The second-order valence-corrected chi connectivity index (χ2v) is 4.74. The Bertz CT molecular complexity index is 845. The van der Waals surface area contributed by atoms with Gasteiger partial charge in [0.15, 0.2) is 0 Å². The highest BCUT2D eigenvalue weighted by Crippen LogP contribution is 2.27. The van der Waals surface area contributed by atoms with Crippen LogP contribution in [-0.2, 0) is 0 Å². The van der Waals surface area contributed by atoms with Crippen LogP contribution in [0.5, 0.6) is 5.75 Å². The van der Waals surface area contributed by atoms with Crippen LogP contribution in [0.15, 0.2) is 36.4 Å². The number of benzene rings is 2. The number of rotatable bonds is 3. The molecule has 21 heavy (non-hydrogen) atoms. The van der Waals surface area contributed by atoms with Crippen LogP contribution in [0.25, 0.3) is 16.7 Å². The molecule has 0 atom stereocenters. The van der Waals surface area contributed by atoms with Gasteiger partial charge in [0.25, 0.3) is 0 Å². The summed E-state index contributed by atoms with van der Waals surface area (Å²) >= 11 is 6.00. The van der Waals surface area contributed by atoms with Gasteiger partial charge in [-0.25, -0.2) is 9.48 Å². The molecule has 2 aromatic carbocycles. The number of halogens is 1. The number of nitrogens with zero attached hydrogens (tertiary/aromatic N) is 3. The fourth-order valence-electron chi connectivity index (χ4n) is 2.03. The van der Waals surface area contributed by atoms with Crippen molar-refractivity contribution in [2.75, 3.05) is 7.11 Å². The molecule has 0 saturated carbocycles. The van der Waals surface area contributed by atoms with Crippen molar-refractivity contribution in [1.29, 1.82) is 0 Å². The molecular formula is C14H10ClN3O3. The van der Waals surface area contributed by atoms with Crippen molar-refractivity contribution in [1.82, 2.24) is 15.0 Å². The zero-order chi connectivity index (χ0) is 15.0. The third-order valence-corrected chi connectivity index (χ3v) is 3.38. The van der Waals surface area contributed by atoms with Gasteiger partial charge in [-0.05, 0) is 30.3 Å². The number of hydrogen-bond donors (Lipinski definition) is 1. The Morgan fingerprint density at radius 3 is 2.81 bits per heavy atom. The minimum absolute atomic E-state index is 0.170. The van der Waals surface area contributed by atoms with Gasteiger partial charge in [-0.2, -0.15) is 0 Å². The highest BCUT2D eigenvalue weighted by Gasteiger charge is 2.11. The molecule has 0 spiro atoms. The summed E-state index contributed by atoms with van der Waals surface area (Å²) in [6.07, 6.45) is 0. The van der Waals surface area contributed by atoms with E-state index in [1.54, 1.807) is 28.9 Å². The first kappa shape index (κ1) is 13.4.